The van der Waals surface area contributed by atoms with Crippen molar-refractivity contribution in [2.75, 3.05) is 19.7 Å². The average Bonchev–Trinajstić information content (AvgIpc) is 2.29. The Hall–Kier alpha value is -1.26. The molecule has 0 aromatic heterocycles. The maximum absolute atomic E-state index is 11.5. The van der Waals surface area contributed by atoms with E-state index in [0.717, 1.165) is 12.8 Å². The second-order valence-electron chi connectivity index (χ2n) is 4.13. The van der Waals surface area contributed by atoms with E-state index in [2.05, 4.69) is 0 Å². The van der Waals surface area contributed by atoms with E-state index in [1.807, 2.05) is 6.92 Å². The van der Waals surface area contributed by atoms with Gasteiger partial charge in [0, 0.05) is 19.0 Å². The number of primary amides is 1. The smallest absolute Gasteiger partial charge is 0.409 e. The number of rotatable bonds is 4. The molecule has 0 atom stereocenters. The quantitative estimate of drug-likeness (QED) is 0.733. The molecule has 0 saturated carbocycles. The second kappa shape index (κ2) is 6.35. The standard InChI is InChI=1S/C11H20N2O3/c1-2-3-8-16-11(15)13-6-4-9(5-7-13)10(12)14/h9H,2-8H2,1H3,(H2,12,14). The predicted molar refractivity (Wildman–Crippen MR) is 59.7 cm³/mol. The average molecular weight is 228 g/mol. The molecule has 0 bridgehead atoms. The normalized spacial score (nSPS) is 17.2. The highest BCUT2D eigenvalue weighted by molar-refractivity contribution is 5.77. The Bertz CT molecular complexity index is 248. The summed E-state index contributed by atoms with van der Waals surface area (Å²) in [7, 11) is 0. The first-order valence-corrected chi connectivity index (χ1v) is 5.86. The van der Waals surface area contributed by atoms with Gasteiger partial charge in [0.05, 0.1) is 6.61 Å². The molecule has 0 aliphatic carbocycles. The van der Waals surface area contributed by atoms with Gasteiger partial charge in [0.2, 0.25) is 5.91 Å². The first-order chi connectivity index (χ1) is 7.65. The Morgan fingerprint density at radius 1 is 1.38 bits per heavy atom. The Morgan fingerprint density at radius 3 is 2.50 bits per heavy atom. The van der Waals surface area contributed by atoms with Crippen molar-refractivity contribution in [2.45, 2.75) is 32.6 Å². The lowest BCUT2D eigenvalue weighted by molar-refractivity contribution is -0.123. The van der Waals surface area contributed by atoms with E-state index in [4.69, 9.17) is 10.5 Å². The number of carbonyl (C=O) groups excluding carboxylic acids is 2. The van der Waals surface area contributed by atoms with Gasteiger partial charge < -0.3 is 15.4 Å². The molecule has 0 spiro atoms. The highest BCUT2D eigenvalue weighted by Crippen LogP contribution is 2.17. The molecule has 1 aliphatic rings. The fraction of sp³-hybridized carbons (Fsp3) is 0.818. The number of nitrogens with two attached hydrogens (primary N) is 1. The number of likely N-dealkylation sites (tertiary alicyclic amines) is 1. The molecular weight excluding hydrogens is 208 g/mol. The molecule has 2 amide bonds. The topological polar surface area (TPSA) is 72.6 Å². The molecule has 16 heavy (non-hydrogen) atoms. The summed E-state index contributed by atoms with van der Waals surface area (Å²) in [5.41, 5.74) is 5.21. The molecule has 1 fully saturated rings. The van der Waals surface area contributed by atoms with Crippen LogP contribution in [0.25, 0.3) is 0 Å². The molecule has 0 radical (unpaired) electrons. The van der Waals surface area contributed by atoms with Crippen molar-refractivity contribution in [3.63, 3.8) is 0 Å². The van der Waals surface area contributed by atoms with Crippen LogP contribution in [-0.4, -0.2) is 36.6 Å². The maximum Gasteiger partial charge on any atom is 0.409 e. The summed E-state index contributed by atoms with van der Waals surface area (Å²) in [5, 5.41) is 0. The van der Waals surface area contributed by atoms with E-state index in [9.17, 15) is 9.59 Å². The van der Waals surface area contributed by atoms with Gasteiger partial charge >= 0.3 is 6.09 Å². The van der Waals surface area contributed by atoms with Gasteiger partial charge in [-0.05, 0) is 19.3 Å². The second-order valence-corrected chi connectivity index (χ2v) is 4.13. The lowest BCUT2D eigenvalue weighted by Gasteiger charge is -2.29. The number of hydrogen-bond acceptors (Lipinski definition) is 3. The summed E-state index contributed by atoms with van der Waals surface area (Å²) < 4.78 is 5.09. The molecule has 2 N–H and O–H groups in total. The molecule has 5 heteroatoms. The molecule has 1 rings (SSSR count). The summed E-state index contributed by atoms with van der Waals surface area (Å²) in [6.45, 7) is 3.66. The van der Waals surface area contributed by atoms with Crippen LogP contribution in [0.4, 0.5) is 4.79 Å². The minimum atomic E-state index is -0.267. The zero-order valence-electron chi connectivity index (χ0n) is 9.78. The molecule has 1 saturated heterocycles. The van der Waals surface area contributed by atoms with Crippen molar-refractivity contribution in [1.29, 1.82) is 0 Å². The lowest BCUT2D eigenvalue weighted by Crippen LogP contribution is -2.42. The summed E-state index contributed by atoms with van der Waals surface area (Å²) in [4.78, 5) is 24.1. The highest BCUT2D eigenvalue weighted by Gasteiger charge is 2.26. The fourth-order valence-corrected chi connectivity index (χ4v) is 1.74. The predicted octanol–water partition coefficient (Wildman–Crippen LogP) is 1.12. The van der Waals surface area contributed by atoms with E-state index < -0.39 is 0 Å². The fourth-order valence-electron chi connectivity index (χ4n) is 1.74. The van der Waals surface area contributed by atoms with Crippen LogP contribution in [0, 0.1) is 5.92 Å². The molecule has 92 valence electrons. The van der Waals surface area contributed by atoms with Gasteiger partial charge in [-0.1, -0.05) is 13.3 Å². The number of carbonyl (C=O) groups is 2. The molecule has 1 heterocycles. The van der Waals surface area contributed by atoms with Gasteiger partial charge in [0.25, 0.3) is 0 Å². The van der Waals surface area contributed by atoms with Gasteiger partial charge in [-0.25, -0.2) is 4.79 Å². The molecule has 5 nitrogen and oxygen atoms in total. The number of piperidine rings is 1. The molecule has 0 unspecified atom stereocenters. The van der Waals surface area contributed by atoms with Crippen molar-refractivity contribution in [3.8, 4) is 0 Å². The van der Waals surface area contributed by atoms with Gasteiger partial charge in [0.15, 0.2) is 0 Å². The highest BCUT2D eigenvalue weighted by atomic mass is 16.6. The first kappa shape index (κ1) is 12.8. The zero-order chi connectivity index (χ0) is 12.0. The molecular formula is C11H20N2O3. The minimum absolute atomic E-state index is 0.0836. The van der Waals surface area contributed by atoms with Crippen LogP contribution in [0.5, 0.6) is 0 Å². The van der Waals surface area contributed by atoms with Crippen LogP contribution in [0.1, 0.15) is 32.6 Å². The van der Waals surface area contributed by atoms with Crippen molar-refractivity contribution < 1.29 is 14.3 Å². The summed E-state index contributed by atoms with van der Waals surface area (Å²) in [5.74, 6) is -0.348. The zero-order valence-corrected chi connectivity index (χ0v) is 9.78. The Morgan fingerprint density at radius 2 is 2.00 bits per heavy atom. The van der Waals surface area contributed by atoms with Crippen LogP contribution in [0.2, 0.25) is 0 Å². The minimum Gasteiger partial charge on any atom is -0.449 e. The Labute approximate surface area is 95.9 Å². The molecule has 0 aromatic rings. The van der Waals surface area contributed by atoms with Crippen LogP contribution in [0.15, 0.2) is 0 Å². The van der Waals surface area contributed by atoms with Crippen molar-refractivity contribution >= 4 is 12.0 Å². The summed E-state index contributed by atoms with van der Waals surface area (Å²) in [6, 6.07) is 0. The number of nitrogens with zero attached hydrogens (tertiary/aromatic N) is 1. The maximum atomic E-state index is 11.5. The van der Waals surface area contributed by atoms with E-state index in [1.165, 1.54) is 0 Å². The number of unbranched alkanes of at least 4 members (excludes halogenated alkanes) is 1. The van der Waals surface area contributed by atoms with E-state index in [1.54, 1.807) is 4.90 Å². The van der Waals surface area contributed by atoms with Crippen LogP contribution in [-0.2, 0) is 9.53 Å². The summed E-state index contributed by atoms with van der Waals surface area (Å²) >= 11 is 0. The lowest BCUT2D eigenvalue weighted by atomic mass is 9.97. The van der Waals surface area contributed by atoms with Crippen molar-refractivity contribution in [1.82, 2.24) is 4.90 Å². The van der Waals surface area contributed by atoms with Crippen molar-refractivity contribution in [2.24, 2.45) is 11.7 Å². The van der Waals surface area contributed by atoms with Gasteiger partial charge in [-0.2, -0.15) is 0 Å². The number of ether oxygens (including phenoxy) is 1. The monoisotopic (exact) mass is 228 g/mol. The SMILES string of the molecule is CCCCOC(=O)N1CCC(C(N)=O)CC1. The Balaban J connectivity index is 2.25. The van der Waals surface area contributed by atoms with Gasteiger partial charge in [0.1, 0.15) is 0 Å². The third-order valence-electron chi connectivity index (χ3n) is 2.88. The van der Waals surface area contributed by atoms with E-state index >= 15 is 0 Å². The number of hydrogen-bond donors (Lipinski definition) is 1. The first-order valence-electron chi connectivity index (χ1n) is 5.86. The number of amides is 2. The van der Waals surface area contributed by atoms with Crippen LogP contribution < -0.4 is 5.73 Å². The Kier molecular flexibility index (Phi) is 5.08. The largest absolute Gasteiger partial charge is 0.449 e. The van der Waals surface area contributed by atoms with Crippen LogP contribution >= 0.6 is 0 Å². The van der Waals surface area contributed by atoms with E-state index in [0.29, 0.717) is 32.5 Å². The summed E-state index contributed by atoms with van der Waals surface area (Å²) in [6.07, 6.45) is 2.94. The van der Waals surface area contributed by atoms with Gasteiger partial charge in [-0.3, -0.25) is 4.79 Å². The van der Waals surface area contributed by atoms with Crippen LogP contribution in [0.3, 0.4) is 0 Å². The third-order valence-corrected chi connectivity index (χ3v) is 2.88. The molecule has 1 aliphatic heterocycles. The van der Waals surface area contributed by atoms with Crippen molar-refractivity contribution in [3.05, 3.63) is 0 Å². The van der Waals surface area contributed by atoms with Gasteiger partial charge in [-0.15, -0.1) is 0 Å². The third kappa shape index (κ3) is 3.72. The van der Waals surface area contributed by atoms with E-state index in [-0.39, 0.29) is 17.9 Å². The molecule has 0 aromatic carbocycles.